The Balaban J connectivity index is 1.07. The maximum atomic E-state index is 16.4. The highest BCUT2D eigenvalue weighted by atomic mass is 31.2. The minimum atomic E-state index is -4.48. The smallest absolute Gasteiger partial charge is 0.345 e. The van der Waals surface area contributed by atoms with Gasteiger partial charge in [0.2, 0.25) is 53.2 Å². The van der Waals surface area contributed by atoms with Crippen molar-refractivity contribution < 1.29 is 79.8 Å². The summed E-state index contributed by atoms with van der Waals surface area (Å²) in [5, 5.41) is 73.3. The van der Waals surface area contributed by atoms with Crippen molar-refractivity contribution in [2.45, 2.75) is 203 Å². The first-order chi connectivity index (χ1) is 67.5. The minimum Gasteiger partial charge on any atom is -0.388 e. The molecule has 0 spiro atoms. The largest absolute Gasteiger partial charge is 0.388 e. The van der Waals surface area contributed by atoms with Crippen LogP contribution in [0.15, 0.2) is 39.6 Å². The average Bonchev–Trinajstić information content (AvgIpc) is 1.75. The Morgan fingerprint density at radius 3 is 1.27 bits per heavy atom. The van der Waals surface area contributed by atoms with Crippen molar-refractivity contribution in [2.24, 2.45) is 34.4 Å². The summed E-state index contributed by atoms with van der Waals surface area (Å²) in [6, 6.07) is -8.77. The van der Waals surface area contributed by atoms with Crippen LogP contribution in [0.25, 0.3) is 22.3 Å². The molecule has 3 aliphatic heterocycles. The number of nitrogen functional groups attached to an aromatic ring is 2. The molecule has 0 saturated carbocycles. The standard InChI is InChI=1S/C80H139N40O20P3/c1-45-32-118(80(131)111-68(45)123)61-37-116(34-48(139-61)39-135-141(9,132)112(3)4)142(133,113(5)6)137-41-49-35-117(38-62(140-49)119-43-101-63-65(87)99-42-100-66(63)119)143(134,114(7)8)136-40-47-33-115(36-60(138-47)120-44-102-64-67(120)109-79(94)110-75(64)130)59(122)31-98-69(124)50(19-10-13-25-56(81)82)104-73(128)54(23-17-29-96-77(90)91)107-72(127)53(21-12-15-27-58(85)86)106-74(129)55(24-18-30-97-78(92)93)108-71(126)52(20-11-14-26-57(83)84)105-70(125)51(103-46(2)121)22-16-28-95-76(88)89/h32,42-44,47-55,60-62H,10-31,33-41H2,1-9H3,(H3,81,82)(H3,83,84)(H3,85,86)(H,98,124)(H,103,121)(H,104,128)(H,105,125)(H,106,129)(H,107,127)(H,108,126)(H2,87,99,100)(H4,88,89,95)(H4,90,91,96)(H4,92,93,97)(H,111,123,131)(H3,94,109,110,130). The van der Waals surface area contributed by atoms with E-state index in [0.29, 0.717) is 6.42 Å². The molecule has 143 heavy (non-hydrogen) atoms. The number of carbonyl (C=O) groups is 8. The number of morpholine rings is 3. The summed E-state index contributed by atoms with van der Waals surface area (Å²) in [5.41, 5.74) is 44.2. The highest BCUT2D eigenvalue weighted by Gasteiger charge is 2.48. The molecule has 0 radical (unpaired) electrons. The number of ether oxygens (including phenoxy) is 3. The molecule has 8 amide bonds. The van der Waals surface area contributed by atoms with Gasteiger partial charge < -0.3 is 132 Å². The molecule has 0 bridgehead atoms. The number of hydrogen-bond donors (Lipinski definition) is 26. The van der Waals surface area contributed by atoms with Gasteiger partial charge in [0.1, 0.15) is 60.4 Å². The lowest BCUT2D eigenvalue weighted by molar-refractivity contribution is -0.158. The monoisotopic (exact) mass is 2070 g/mol. The molecule has 15 atom stereocenters. The summed E-state index contributed by atoms with van der Waals surface area (Å²) in [7, 11) is -3.18. The fourth-order valence-corrected chi connectivity index (χ4v) is 20.3. The number of nitrogens with one attached hydrogen (secondary N) is 18. The number of aromatic amines is 2. The van der Waals surface area contributed by atoms with Crippen LogP contribution in [0.1, 0.15) is 147 Å². The Labute approximate surface area is 823 Å². The highest BCUT2D eigenvalue weighted by Crippen LogP contribution is 2.57. The van der Waals surface area contributed by atoms with Crippen molar-refractivity contribution in [2.75, 3.05) is 146 Å². The SMILES string of the molecule is CC(=O)NC(CCCNC(=N)N)C(=O)NC(CCCCC(=N)N)C(=O)NC(CCCNC(=N)N)C(=O)NC(CCCCC(=N)N)C(=O)NC(CCCNC(=N)N)C(=O)NC(CCCCC(=N)N)C(=O)NCC(=O)N1CC(COP(=O)(N(C)C)N2CC(COP(=O)(N(C)C)N3CC(COP(C)(=O)N(C)C)OC(n4cc(C)c(=O)[nH]c4=O)C3)OC(n3cnc4c(N)ncnc43)C2)OC(n2cnc3c(=O)[nH]c(N)nc32)C1. The number of amidine groups is 3. The maximum absolute atomic E-state index is 16.4. The van der Waals surface area contributed by atoms with E-state index in [1.807, 2.05) is 0 Å². The highest BCUT2D eigenvalue weighted by molar-refractivity contribution is 7.55. The Kier molecular flexibility index (Phi) is 43.8. The number of H-pyrrole nitrogens is 2. The third-order valence-electron chi connectivity index (χ3n) is 23.3. The summed E-state index contributed by atoms with van der Waals surface area (Å²) in [6.45, 7) is 0.198. The van der Waals surface area contributed by atoms with Crippen molar-refractivity contribution in [1.82, 2.24) is 130 Å². The number of amides is 8. The van der Waals surface area contributed by atoms with Crippen LogP contribution >= 0.6 is 22.9 Å². The van der Waals surface area contributed by atoms with Gasteiger partial charge in [0.25, 0.3) is 18.6 Å². The number of guanidine groups is 3. The minimum absolute atomic E-state index is 0.00434. The van der Waals surface area contributed by atoms with E-state index in [4.69, 9.17) is 106 Å². The molecular formula is C80H139N40O20P3. The number of nitrogens with zero attached hydrogens (tertiary/aromatic N) is 14. The van der Waals surface area contributed by atoms with E-state index in [0.717, 1.165) is 4.57 Å². The van der Waals surface area contributed by atoms with Crippen LogP contribution in [-0.2, 0) is 79.8 Å². The predicted molar refractivity (Wildman–Crippen MR) is 526 cm³/mol. The molecule has 5 aromatic rings. The molecule has 60 nitrogen and oxygen atoms in total. The van der Waals surface area contributed by atoms with Crippen LogP contribution in [0, 0.1) is 39.4 Å². The van der Waals surface area contributed by atoms with E-state index >= 15 is 23.5 Å². The average molecular weight is 2070 g/mol. The normalized spacial score (nSPS) is 19.4. The molecule has 8 heterocycles. The second-order valence-corrected chi connectivity index (χ2v) is 43.1. The number of imidazole rings is 2. The number of rotatable bonds is 58. The first-order valence-corrected chi connectivity index (χ1v) is 51.3. The fourth-order valence-electron chi connectivity index (χ4n) is 15.6. The van der Waals surface area contributed by atoms with Crippen LogP contribution in [0.2, 0.25) is 0 Å². The van der Waals surface area contributed by atoms with Crippen LogP contribution < -0.4 is 116 Å². The summed E-state index contributed by atoms with van der Waals surface area (Å²) < 4.78 is 95.7. The molecule has 794 valence electrons. The fraction of sp³-hybridized carbons (Fsp3) is 0.650. The number of fused-ring (bicyclic) bond motifs is 2. The van der Waals surface area contributed by atoms with Gasteiger partial charge in [0, 0.05) is 83.9 Å². The second kappa shape index (κ2) is 54.2. The van der Waals surface area contributed by atoms with Gasteiger partial charge in [-0.1, -0.05) is 19.3 Å². The third kappa shape index (κ3) is 34.6. The number of aryl methyl sites for hydroxylation is 1. The van der Waals surface area contributed by atoms with Crippen molar-refractivity contribution in [3.63, 3.8) is 0 Å². The van der Waals surface area contributed by atoms with Gasteiger partial charge in [-0.05, 0) is 126 Å². The number of nitrogens with two attached hydrogens (primary N) is 8. The Morgan fingerprint density at radius 1 is 0.469 bits per heavy atom. The quantitative estimate of drug-likeness (QED) is 0.00752. The molecule has 15 unspecified atom stereocenters. The third-order valence-corrected chi connectivity index (χ3v) is 30.4. The van der Waals surface area contributed by atoms with Gasteiger partial charge in [-0.2, -0.15) is 4.98 Å². The molecule has 8 rings (SSSR count). The molecule has 0 aromatic carbocycles. The van der Waals surface area contributed by atoms with Gasteiger partial charge >= 0.3 is 21.0 Å². The zero-order valence-corrected chi connectivity index (χ0v) is 84.2. The first kappa shape index (κ1) is 116. The molecule has 34 N–H and O–H groups in total. The first-order valence-electron chi connectivity index (χ1n) is 46.2. The van der Waals surface area contributed by atoms with Gasteiger partial charge in [-0.25, -0.2) is 48.1 Å². The Bertz CT molecular complexity index is 5660. The Hall–Kier alpha value is -12.6. The van der Waals surface area contributed by atoms with Crippen molar-refractivity contribution in [3.05, 3.63) is 61.9 Å². The number of anilines is 2. The van der Waals surface area contributed by atoms with Crippen LogP contribution in [0.4, 0.5) is 11.8 Å². The number of hydrogen-bond acceptors (Lipinski definition) is 33. The molecular weight excluding hydrogens is 1930 g/mol. The molecule has 3 saturated heterocycles. The summed E-state index contributed by atoms with van der Waals surface area (Å²) >= 11 is 0. The van der Waals surface area contributed by atoms with E-state index in [1.54, 1.807) is 14.1 Å². The molecule has 0 aliphatic carbocycles. The lowest BCUT2D eigenvalue weighted by Gasteiger charge is -2.45. The van der Waals surface area contributed by atoms with E-state index < -0.39 is 192 Å². The molecule has 63 heteroatoms. The molecule has 3 fully saturated rings. The van der Waals surface area contributed by atoms with Crippen molar-refractivity contribution in [1.29, 1.82) is 32.5 Å². The summed E-state index contributed by atoms with van der Waals surface area (Å²) in [5.74, 6) is -8.91. The van der Waals surface area contributed by atoms with E-state index in [-0.39, 0.29) is 238 Å². The second-order valence-electron chi connectivity index (χ2n) is 35.3. The van der Waals surface area contributed by atoms with Gasteiger partial charge in [0.15, 0.2) is 53.0 Å². The van der Waals surface area contributed by atoms with Gasteiger partial charge in [0.05, 0.1) is 88.4 Å². The number of unbranched alkanes of at least 4 members (excludes halogenated alkanes) is 3. The molecule has 5 aromatic heterocycles. The van der Waals surface area contributed by atoms with E-state index in [2.05, 4.69) is 88.1 Å². The predicted octanol–water partition coefficient (Wildman–Crippen LogP) is -4.80. The van der Waals surface area contributed by atoms with Crippen LogP contribution in [0.5, 0.6) is 0 Å². The number of carbonyl (C=O) groups excluding carboxylic acids is 8. The molecule has 3 aliphatic rings. The van der Waals surface area contributed by atoms with Gasteiger partial charge in [-0.3, -0.25) is 118 Å². The van der Waals surface area contributed by atoms with E-state index in [9.17, 15) is 42.9 Å². The zero-order valence-electron chi connectivity index (χ0n) is 81.5. The van der Waals surface area contributed by atoms with Crippen molar-refractivity contribution in [3.8, 4) is 0 Å². The lowest BCUT2D eigenvalue weighted by Crippen LogP contribution is -2.60. The topological polar surface area (TPSA) is 896 Å². The summed E-state index contributed by atoms with van der Waals surface area (Å²) in [6.07, 6.45) is -1.18. The zero-order chi connectivity index (χ0) is 105. The summed E-state index contributed by atoms with van der Waals surface area (Å²) in [4.78, 5) is 184. The van der Waals surface area contributed by atoms with Gasteiger partial charge in [-0.15, -0.1) is 0 Å². The van der Waals surface area contributed by atoms with Crippen LogP contribution in [-0.4, -0.2) is 348 Å². The number of aromatic nitrogens is 10. The lowest BCUT2D eigenvalue weighted by atomic mass is 10.0. The Morgan fingerprint density at radius 2 is 0.853 bits per heavy atom. The van der Waals surface area contributed by atoms with Crippen LogP contribution in [0.3, 0.4) is 0 Å². The maximum Gasteiger partial charge on any atom is 0.345 e. The van der Waals surface area contributed by atoms with Crippen molar-refractivity contribution >= 4 is 140 Å². The van der Waals surface area contributed by atoms with E-state index in [1.165, 1.54) is 111 Å².